The summed E-state index contributed by atoms with van der Waals surface area (Å²) in [6.07, 6.45) is -2.14. The monoisotopic (exact) mass is 304 g/mol. The van der Waals surface area contributed by atoms with Gasteiger partial charge in [0.25, 0.3) is 0 Å². The zero-order chi connectivity index (χ0) is 14.9. The lowest BCUT2D eigenvalue weighted by Gasteiger charge is -2.10. The predicted molar refractivity (Wildman–Crippen MR) is 70.1 cm³/mol. The molecule has 1 N–H and O–H groups in total. The van der Waals surface area contributed by atoms with Crippen molar-refractivity contribution in [3.05, 3.63) is 34.7 Å². The molecule has 2 heterocycles. The molecule has 2 aromatic rings. The van der Waals surface area contributed by atoms with Crippen LogP contribution in [-0.4, -0.2) is 14.8 Å². The number of nitrogens with zero attached hydrogens (tertiary/aromatic N) is 3. The van der Waals surface area contributed by atoms with Gasteiger partial charge in [-0.1, -0.05) is 18.5 Å². The van der Waals surface area contributed by atoms with Crippen molar-refractivity contribution in [1.82, 2.24) is 14.8 Å². The lowest BCUT2D eigenvalue weighted by Crippen LogP contribution is -2.07. The van der Waals surface area contributed by atoms with E-state index in [1.165, 1.54) is 0 Å². The number of hydrogen-bond acceptors (Lipinski definition) is 3. The van der Waals surface area contributed by atoms with Crippen LogP contribution in [0.15, 0.2) is 18.3 Å². The van der Waals surface area contributed by atoms with E-state index >= 15 is 0 Å². The number of aromatic nitrogens is 3. The highest BCUT2D eigenvalue weighted by molar-refractivity contribution is 6.29. The summed E-state index contributed by atoms with van der Waals surface area (Å²) in [7, 11) is 1.73. The zero-order valence-electron chi connectivity index (χ0n) is 10.8. The van der Waals surface area contributed by atoms with Crippen LogP contribution in [0.25, 0.3) is 0 Å². The summed E-state index contributed by atoms with van der Waals surface area (Å²) < 4.78 is 39.7. The van der Waals surface area contributed by atoms with E-state index in [9.17, 15) is 13.2 Å². The summed E-state index contributed by atoms with van der Waals surface area (Å²) in [6.45, 7) is 1.90. The Kier molecular flexibility index (Phi) is 3.89. The maximum absolute atomic E-state index is 12.7. The number of halogens is 4. The number of aryl methyl sites for hydroxylation is 2. The minimum atomic E-state index is -4.47. The molecular weight excluding hydrogens is 293 g/mol. The largest absolute Gasteiger partial charge is 0.416 e. The van der Waals surface area contributed by atoms with Crippen molar-refractivity contribution >= 4 is 23.1 Å². The molecule has 0 aromatic carbocycles. The number of pyridine rings is 1. The van der Waals surface area contributed by atoms with Gasteiger partial charge in [-0.3, -0.25) is 4.68 Å². The first kappa shape index (κ1) is 14.6. The van der Waals surface area contributed by atoms with Crippen molar-refractivity contribution in [2.75, 3.05) is 5.32 Å². The molecule has 4 nitrogen and oxygen atoms in total. The molecule has 108 valence electrons. The van der Waals surface area contributed by atoms with Gasteiger partial charge in [-0.05, 0) is 18.6 Å². The third-order valence-corrected chi connectivity index (χ3v) is 2.82. The fourth-order valence-corrected chi connectivity index (χ4v) is 1.97. The molecule has 0 aliphatic rings. The molecule has 20 heavy (non-hydrogen) atoms. The molecule has 0 spiro atoms. The van der Waals surface area contributed by atoms with Crippen LogP contribution < -0.4 is 5.32 Å². The second kappa shape index (κ2) is 5.32. The minimum Gasteiger partial charge on any atom is -0.337 e. The second-order valence-corrected chi connectivity index (χ2v) is 4.59. The average molecular weight is 305 g/mol. The standard InChI is InChI=1S/C12H12ClF3N4/c1-3-8-9(6-20(2)19-8)17-11-5-7(12(14,15)16)4-10(13)18-11/h4-6H,3H2,1-2H3,(H,17,18). The summed E-state index contributed by atoms with van der Waals surface area (Å²) in [4.78, 5) is 3.84. The van der Waals surface area contributed by atoms with Gasteiger partial charge < -0.3 is 5.32 Å². The Balaban J connectivity index is 2.36. The van der Waals surface area contributed by atoms with Crippen LogP contribution in [0.2, 0.25) is 5.15 Å². The Morgan fingerprint density at radius 1 is 1.35 bits per heavy atom. The van der Waals surface area contributed by atoms with E-state index in [1.807, 2.05) is 6.92 Å². The highest BCUT2D eigenvalue weighted by Gasteiger charge is 2.31. The molecule has 0 bridgehead atoms. The van der Waals surface area contributed by atoms with Crippen molar-refractivity contribution in [1.29, 1.82) is 0 Å². The van der Waals surface area contributed by atoms with Gasteiger partial charge in [-0.15, -0.1) is 0 Å². The normalized spacial score (nSPS) is 11.7. The second-order valence-electron chi connectivity index (χ2n) is 4.20. The van der Waals surface area contributed by atoms with Gasteiger partial charge in [0.2, 0.25) is 0 Å². The van der Waals surface area contributed by atoms with E-state index in [0.717, 1.165) is 17.8 Å². The van der Waals surface area contributed by atoms with E-state index in [-0.39, 0.29) is 11.0 Å². The van der Waals surface area contributed by atoms with Gasteiger partial charge in [0.15, 0.2) is 0 Å². The molecular formula is C12H12ClF3N4. The number of nitrogens with one attached hydrogen (secondary N) is 1. The number of alkyl halides is 3. The Bertz CT molecular complexity index is 622. The molecule has 2 aromatic heterocycles. The summed E-state index contributed by atoms with van der Waals surface area (Å²) in [5.74, 6) is 0.0347. The van der Waals surface area contributed by atoms with Crippen LogP contribution in [0.4, 0.5) is 24.7 Å². The number of anilines is 2. The molecule has 0 amide bonds. The highest BCUT2D eigenvalue weighted by Crippen LogP contribution is 2.32. The molecule has 0 aliphatic heterocycles. The summed E-state index contributed by atoms with van der Waals surface area (Å²) in [5.41, 5.74) is 0.502. The first-order valence-electron chi connectivity index (χ1n) is 5.84. The Morgan fingerprint density at radius 2 is 2.05 bits per heavy atom. The van der Waals surface area contributed by atoms with Crippen molar-refractivity contribution < 1.29 is 13.2 Å². The predicted octanol–water partition coefficient (Wildman–Crippen LogP) is 3.79. The molecule has 0 fully saturated rings. The highest BCUT2D eigenvalue weighted by atomic mass is 35.5. The maximum Gasteiger partial charge on any atom is 0.416 e. The summed E-state index contributed by atoms with van der Waals surface area (Å²) in [6, 6.07) is 1.70. The number of rotatable bonds is 3. The number of hydrogen-bond donors (Lipinski definition) is 1. The van der Waals surface area contributed by atoms with Crippen molar-refractivity contribution in [3.63, 3.8) is 0 Å². The van der Waals surface area contributed by atoms with Crippen LogP contribution in [0.3, 0.4) is 0 Å². The molecule has 8 heteroatoms. The van der Waals surface area contributed by atoms with Crippen LogP contribution >= 0.6 is 11.6 Å². The van der Waals surface area contributed by atoms with Crippen molar-refractivity contribution in [2.45, 2.75) is 19.5 Å². The van der Waals surface area contributed by atoms with Crippen LogP contribution in [0.5, 0.6) is 0 Å². The van der Waals surface area contributed by atoms with E-state index in [1.54, 1.807) is 17.9 Å². The van der Waals surface area contributed by atoms with Crippen LogP contribution in [0, 0.1) is 0 Å². The maximum atomic E-state index is 12.7. The third kappa shape index (κ3) is 3.22. The lowest BCUT2D eigenvalue weighted by molar-refractivity contribution is -0.137. The Hall–Kier alpha value is -1.76. The van der Waals surface area contributed by atoms with Gasteiger partial charge in [0.05, 0.1) is 16.9 Å². The van der Waals surface area contributed by atoms with Crippen LogP contribution in [-0.2, 0) is 19.6 Å². The first-order valence-corrected chi connectivity index (χ1v) is 6.21. The lowest BCUT2D eigenvalue weighted by atomic mass is 10.2. The molecule has 0 unspecified atom stereocenters. The molecule has 0 saturated carbocycles. The summed E-state index contributed by atoms with van der Waals surface area (Å²) in [5, 5.41) is 6.79. The molecule has 0 aliphatic carbocycles. The van der Waals surface area contributed by atoms with Crippen molar-refractivity contribution in [2.24, 2.45) is 7.05 Å². The third-order valence-electron chi connectivity index (χ3n) is 2.62. The zero-order valence-corrected chi connectivity index (χ0v) is 11.5. The van der Waals surface area contributed by atoms with E-state index < -0.39 is 11.7 Å². The van der Waals surface area contributed by atoms with Gasteiger partial charge in [-0.2, -0.15) is 18.3 Å². The van der Waals surface area contributed by atoms with Gasteiger partial charge in [0.1, 0.15) is 11.0 Å². The molecule has 0 atom stereocenters. The van der Waals surface area contributed by atoms with Crippen molar-refractivity contribution in [3.8, 4) is 0 Å². The van der Waals surface area contributed by atoms with Gasteiger partial charge in [0, 0.05) is 13.2 Å². The quantitative estimate of drug-likeness (QED) is 0.877. The topological polar surface area (TPSA) is 42.7 Å². The van der Waals surface area contributed by atoms with Gasteiger partial charge in [-0.25, -0.2) is 4.98 Å². The van der Waals surface area contributed by atoms with E-state index in [2.05, 4.69) is 15.4 Å². The minimum absolute atomic E-state index is 0.0347. The van der Waals surface area contributed by atoms with Gasteiger partial charge >= 0.3 is 6.18 Å². The van der Waals surface area contributed by atoms with E-state index in [0.29, 0.717) is 12.1 Å². The smallest absolute Gasteiger partial charge is 0.337 e. The Labute approximate surface area is 118 Å². The van der Waals surface area contributed by atoms with Crippen LogP contribution in [0.1, 0.15) is 18.2 Å². The molecule has 0 saturated heterocycles. The fraction of sp³-hybridized carbons (Fsp3) is 0.333. The Morgan fingerprint density at radius 3 is 2.65 bits per heavy atom. The average Bonchev–Trinajstić information content (AvgIpc) is 2.67. The molecule has 0 radical (unpaired) electrons. The fourth-order valence-electron chi connectivity index (χ4n) is 1.76. The first-order chi connectivity index (χ1) is 9.29. The summed E-state index contributed by atoms with van der Waals surface area (Å²) >= 11 is 5.63. The SMILES string of the molecule is CCc1nn(C)cc1Nc1cc(C(F)(F)F)cc(Cl)n1. The molecule has 2 rings (SSSR count). The van der Waals surface area contributed by atoms with E-state index in [4.69, 9.17) is 11.6 Å².